The lowest BCUT2D eigenvalue weighted by molar-refractivity contribution is 0.0768. The summed E-state index contributed by atoms with van der Waals surface area (Å²) < 4.78 is 21.9. The Balaban J connectivity index is 1.57. The van der Waals surface area contributed by atoms with Crippen LogP contribution in [0.2, 0.25) is 0 Å². The van der Waals surface area contributed by atoms with E-state index in [1.54, 1.807) is 30.2 Å². The minimum absolute atomic E-state index is 0.0992. The summed E-state index contributed by atoms with van der Waals surface area (Å²) in [6, 6.07) is 3.47. The molecule has 0 spiro atoms. The Morgan fingerprint density at radius 1 is 1.29 bits per heavy atom. The fourth-order valence-electron chi connectivity index (χ4n) is 3.81. The maximum atomic E-state index is 14.4. The number of hydrogen-bond acceptors (Lipinski definition) is 6. The summed E-state index contributed by atoms with van der Waals surface area (Å²) >= 11 is 0. The first-order chi connectivity index (χ1) is 14.9. The van der Waals surface area contributed by atoms with Crippen LogP contribution in [0.1, 0.15) is 42.0 Å². The smallest absolute Gasteiger partial charge is 0.259 e. The highest BCUT2D eigenvalue weighted by atomic mass is 19.1. The maximum Gasteiger partial charge on any atom is 0.259 e. The molecule has 0 aromatic carbocycles. The average molecular weight is 425 g/mol. The lowest BCUT2D eigenvalue weighted by Crippen LogP contribution is -2.35. The summed E-state index contributed by atoms with van der Waals surface area (Å²) in [5.74, 6) is -1.04. The highest BCUT2D eigenvalue weighted by Gasteiger charge is 2.31. The van der Waals surface area contributed by atoms with Crippen LogP contribution in [0.15, 0.2) is 29.5 Å². The Morgan fingerprint density at radius 3 is 2.84 bits per heavy atom. The third kappa shape index (κ3) is 3.87. The number of amides is 1. The van der Waals surface area contributed by atoms with Gasteiger partial charge in [0.05, 0.1) is 17.6 Å². The number of hydrogen-bond donors (Lipinski definition) is 0. The van der Waals surface area contributed by atoms with Gasteiger partial charge in [0.15, 0.2) is 0 Å². The summed E-state index contributed by atoms with van der Waals surface area (Å²) in [5.41, 5.74) is 1.42. The van der Waals surface area contributed by atoms with Gasteiger partial charge in [0.2, 0.25) is 11.2 Å². The molecular formula is C22H24FN5O3. The molecule has 1 atom stereocenters. The van der Waals surface area contributed by atoms with Gasteiger partial charge in [-0.1, -0.05) is 6.92 Å². The molecule has 0 aliphatic carbocycles. The van der Waals surface area contributed by atoms with Crippen molar-refractivity contribution in [3.05, 3.63) is 57.6 Å². The first-order valence-corrected chi connectivity index (χ1v) is 10.4. The second-order valence-electron chi connectivity index (χ2n) is 7.55. The van der Waals surface area contributed by atoms with Gasteiger partial charge >= 0.3 is 0 Å². The van der Waals surface area contributed by atoms with E-state index in [1.807, 2.05) is 18.4 Å². The van der Waals surface area contributed by atoms with Crippen molar-refractivity contribution < 1.29 is 13.9 Å². The van der Waals surface area contributed by atoms with Crippen molar-refractivity contribution in [2.24, 2.45) is 0 Å². The molecule has 0 N–H and O–H groups in total. The molecule has 4 heterocycles. The first kappa shape index (κ1) is 20.9. The normalized spacial score (nSPS) is 16.1. The number of carbonyl (C=O) groups is 1. The van der Waals surface area contributed by atoms with Crippen LogP contribution in [0.3, 0.4) is 0 Å². The molecule has 3 aromatic heterocycles. The van der Waals surface area contributed by atoms with Crippen LogP contribution in [-0.4, -0.2) is 49.5 Å². The molecule has 8 nitrogen and oxygen atoms in total. The quantitative estimate of drug-likeness (QED) is 0.624. The van der Waals surface area contributed by atoms with E-state index in [9.17, 15) is 14.0 Å². The zero-order valence-electron chi connectivity index (χ0n) is 17.8. The maximum absolute atomic E-state index is 14.4. The van der Waals surface area contributed by atoms with E-state index in [4.69, 9.17) is 4.74 Å². The Morgan fingerprint density at radius 2 is 2.10 bits per heavy atom. The third-order valence-corrected chi connectivity index (χ3v) is 5.51. The van der Waals surface area contributed by atoms with Gasteiger partial charge in [-0.15, -0.1) is 0 Å². The summed E-state index contributed by atoms with van der Waals surface area (Å²) in [6.07, 6.45) is 3.39. The molecule has 1 aliphatic rings. The molecule has 0 bridgehead atoms. The zero-order chi connectivity index (χ0) is 22.1. The molecule has 0 saturated carbocycles. The lowest BCUT2D eigenvalue weighted by Gasteiger charge is -2.18. The predicted octanol–water partition coefficient (Wildman–Crippen LogP) is 2.51. The molecule has 1 saturated heterocycles. The number of nitrogens with zero attached hydrogens (tertiary/aromatic N) is 5. The molecule has 0 radical (unpaired) electrons. The van der Waals surface area contributed by atoms with Crippen LogP contribution in [-0.2, 0) is 13.0 Å². The first-order valence-electron chi connectivity index (χ1n) is 10.4. The van der Waals surface area contributed by atoms with Crippen LogP contribution in [0, 0.1) is 12.7 Å². The third-order valence-electron chi connectivity index (χ3n) is 5.51. The number of ether oxygens (including phenoxy) is 1. The average Bonchev–Trinajstić information content (AvgIpc) is 3.23. The molecule has 31 heavy (non-hydrogen) atoms. The molecule has 1 amide bonds. The van der Waals surface area contributed by atoms with Gasteiger partial charge in [-0.25, -0.2) is 9.97 Å². The molecule has 0 unspecified atom stereocenters. The van der Waals surface area contributed by atoms with Crippen molar-refractivity contribution >= 4 is 16.9 Å². The standard InChI is InChI=1S/C22H24FN5O3/c1-4-17-18(23)21(25-12-24-17)31-14-8-9-28(10-14)22(30)16-11-27(5-2)20-15(19(16)29)7-6-13(3)26-20/h6-7,11-12,14H,4-5,8-10H2,1-3H3/t14-/m0/s1. The fraction of sp³-hybridized carbons (Fsp3) is 0.409. The SMILES string of the molecule is CCc1ncnc(O[C@H]2CCN(C(=O)c3cn(CC)c4nc(C)ccc4c3=O)C2)c1F. The van der Waals surface area contributed by atoms with Crippen molar-refractivity contribution in [2.45, 2.75) is 46.3 Å². The van der Waals surface area contributed by atoms with Crippen molar-refractivity contribution in [1.29, 1.82) is 0 Å². The van der Waals surface area contributed by atoms with Gasteiger partial charge < -0.3 is 14.2 Å². The van der Waals surface area contributed by atoms with Crippen molar-refractivity contribution in [2.75, 3.05) is 13.1 Å². The highest BCUT2D eigenvalue weighted by molar-refractivity contribution is 5.97. The fourth-order valence-corrected chi connectivity index (χ4v) is 3.81. The lowest BCUT2D eigenvalue weighted by atomic mass is 10.1. The zero-order valence-corrected chi connectivity index (χ0v) is 17.8. The molecule has 1 fully saturated rings. The van der Waals surface area contributed by atoms with E-state index >= 15 is 0 Å². The molecule has 4 rings (SSSR count). The second kappa shape index (κ2) is 8.41. The number of halogens is 1. The number of carbonyl (C=O) groups excluding carboxylic acids is 1. The Labute approximate surface area is 178 Å². The number of rotatable bonds is 5. The molecule has 1 aliphatic heterocycles. The van der Waals surface area contributed by atoms with Crippen LogP contribution < -0.4 is 10.2 Å². The number of likely N-dealkylation sites (tertiary alicyclic amines) is 1. The summed E-state index contributed by atoms with van der Waals surface area (Å²) in [5, 5.41) is 0.417. The van der Waals surface area contributed by atoms with Crippen LogP contribution in [0.5, 0.6) is 5.88 Å². The largest absolute Gasteiger partial charge is 0.470 e. The van der Waals surface area contributed by atoms with E-state index in [-0.39, 0.29) is 35.0 Å². The molecule has 162 valence electrons. The van der Waals surface area contributed by atoms with E-state index in [0.29, 0.717) is 37.0 Å². The van der Waals surface area contributed by atoms with Gasteiger partial charge in [0.1, 0.15) is 23.6 Å². The second-order valence-corrected chi connectivity index (χ2v) is 7.55. The van der Waals surface area contributed by atoms with Crippen LogP contribution in [0.4, 0.5) is 4.39 Å². The van der Waals surface area contributed by atoms with Crippen LogP contribution in [0.25, 0.3) is 11.0 Å². The van der Waals surface area contributed by atoms with Gasteiger partial charge in [-0.05, 0) is 32.4 Å². The van der Waals surface area contributed by atoms with Gasteiger partial charge in [-0.2, -0.15) is 9.37 Å². The number of aryl methyl sites for hydroxylation is 3. The minimum atomic E-state index is -0.571. The Hall–Kier alpha value is -3.36. The molecular weight excluding hydrogens is 401 g/mol. The summed E-state index contributed by atoms with van der Waals surface area (Å²) in [6.45, 7) is 6.83. The van der Waals surface area contributed by atoms with Gasteiger partial charge in [0, 0.05) is 31.4 Å². The van der Waals surface area contributed by atoms with Crippen molar-refractivity contribution in [1.82, 2.24) is 24.4 Å². The van der Waals surface area contributed by atoms with Crippen molar-refractivity contribution in [3.63, 3.8) is 0 Å². The Bertz CT molecular complexity index is 1210. The minimum Gasteiger partial charge on any atom is -0.470 e. The van der Waals surface area contributed by atoms with Crippen molar-refractivity contribution in [3.8, 4) is 5.88 Å². The predicted molar refractivity (Wildman–Crippen MR) is 113 cm³/mol. The summed E-state index contributed by atoms with van der Waals surface area (Å²) in [4.78, 5) is 39.9. The monoisotopic (exact) mass is 425 g/mol. The van der Waals surface area contributed by atoms with Gasteiger partial charge in [0.25, 0.3) is 11.8 Å². The number of fused-ring (bicyclic) bond motifs is 1. The Kier molecular flexibility index (Phi) is 5.67. The van der Waals surface area contributed by atoms with E-state index in [2.05, 4.69) is 15.0 Å². The van der Waals surface area contributed by atoms with Crippen LogP contribution >= 0.6 is 0 Å². The summed E-state index contributed by atoms with van der Waals surface area (Å²) in [7, 11) is 0. The van der Waals surface area contributed by atoms with E-state index in [0.717, 1.165) is 5.69 Å². The van der Waals surface area contributed by atoms with E-state index < -0.39 is 11.9 Å². The number of pyridine rings is 2. The molecule has 9 heteroatoms. The van der Waals surface area contributed by atoms with E-state index in [1.165, 1.54) is 6.33 Å². The topological polar surface area (TPSA) is 90.2 Å². The number of aromatic nitrogens is 4. The molecule has 3 aromatic rings. The highest BCUT2D eigenvalue weighted by Crippen LogP contribution is 2.22. The van der Waals surface area contributed by atoms with Gasteiger partial charge in [-0.3, -0.25) is 9.59 Å².